The summed E-state index contributed by atoms with van der Waals surface area (Å²) in [7, 11) is 0. The summed E-state index contributed by atoms with van der Waals surface area (Å²) in [6.45, 7) is 13.9. The molecule has 0 aromatic rings. The Labute approximate surface area is 182 Å². The van der Waals surface area contributed by atoms with Gasteiger partial charge in [0.1, 0.15) is 0 Å². The Bertz CT molecular complexity index is 445. The number of piperidine rings is 2. The zero-order chi connectivity index (χ0) is 18.8. The van der Waals surface area contributed by atoms with E-state index in [0.29, 0.717) is 6.61 Å². The van der Waals surface area contributed by atoms with E-state index >= 15 is 0 Å². The number of esters is 1. The minimum Gasteiger partial charge on any atom is -0.466 e. The molecule has 2 fully saturated rings. The van der Waals surface area contributed by atoms with Crippen LogP contribution in [0.25, 0.3) is 0 Å². The molecule has 0 aliphatic carbocycles. The summed E-state index contributed by atoms with van der Waals surface area (Å²) < 4.78 is 5.16. The normalized spacial score (nSPS) is 20.3. The van der Waals surface area contributed by atoms with Crippen LogP contribution >= 0.6 is 24.0 Å². The summed E-state index contributed by atoms with van der Waals surface area (Å²) in [6, 6.07) is 0. The van der Waals surface area contributed by atoms with E-state index in [4.69, 9.17) is 9.73 Å². The summed E-state index contributed by atoms with van der Waals surface area (Å²) in [5.41, 5.74) is 0. The van der Waals surface area contributed by atoms with Gasteiger partial charge < -0.3 is 19.9 Å². The molecule has 0 radical (unpaired) electrons. The highest BCUT2D eigenvalue weighted by Crippen LogP contribution is 2.19. The number of aliphatic imine (C=N–C) groups is 1. The zero-order valence-electron chi connectivity index (χ0n) is 17.4. The number of likely N-dealkylation sites (tertiary alicyclic amines) is 2. The fourth-order valence-corrected chi connectivity index (χ4v) is 3.78. The van der Waals surface area contributed by atoms with Gasteiger partial charge in [-0.25, -0.2) is 0 Å². The number of ether oxygens (including phenoxy) is 1. The van der Waals surface area contributed by atoms with Gasteiger partial charge in [-0.05, 0) is 71.5 Å². The number of nitrogens with one attached hydrogen (secondary N) is 1. The predicted octanol–water partition coefficient (Wildman–Crippen LogP) is 2.97. The molecule has 2 aliphatic heterocycles. The third-order valence-electron chi connectivity index (χ3n) is 5.52. The van der Waals surface area contributed by atoms with Crippen LogP contribution < -0.4 is 5.32 Å². The number of carbonyl (C=O) groups excluding carboxylic acids is 1. The van der Waals surface area contributed by atoms with Crippen LogP contribution in [0.3, 0.4) is 0 Å². The van der Waals surface area contributed by atoms with Crippen LogP contribution in [0.15, 0.2) is 4.99 Å². The average Bonchev–Trinajstić information content (AvgIpc) is 2.66. The van der Waals surface area contributed by atoms with Gasteiger partial charge >= 0.3 is 5.97 Å². The molecule has 27 heavy (non-hydrogen) atoms. The van der Waals surface area contributed by atoms with E-state index in [2.05, 4.69) is 29.0 Å². The Kier molecular flexibility index (Phi) is 12.3. The minimum atomic E-state index is -0.0371. The first-order valence-corrected chi connectivity index (χ1v) is 10.6. The van der Waals surface area contributed by atoms with Gasteiger partial charge in [-0.15, -0.1) is 24.0 Å². The lowest BCUT2D eigenvalue weighted by Crippen LogP contribution is -2.46. The second-order valence-electron chi connectivity index (χ2n) is 7.63. The van der Waals surface area contributed by atoms with Gasteiger partial charge in [0.05, 0.1) is 12.5 Å². The molecule has 158 valence electrons. The lowest BCUT2D eigenvalue weighted by Gasteiger charge is -2.33. The van der Waals surface area contributed by atoms with E-state index in [-0.39, 0.29) is 35.9 Å². The molecule has 0 unspecified atom stereocenters. The van der Waals surface area contributed by atoms with Crippen molar-refractivity contribution in [2.24, 2.45) is 16.8 Å². The molecule has 0 amide bonds. The smallest absolute Gasteiger partial charge is 0.309 e. The van der Waals surface area contributed by atoms with Crippen LogP contribution in [0, 0.1) is 11.8 Å². The Morgan fingerprint density at radius 1 is 1.11 bits per heavy atom. The van der Waals surface area contributed by atoms with Crippen LogP contribution in [0.2, 0.25) is 0 Å². The number of guanidine groups is 1. The van der Waals surface area contributed by atoms with E-state index in [9.17, 15) is 4.79 Å². The molecule has 2 saturated heterocycles. The van der Waals surface area contributed by atoms with E-state index in [0.717, 1.165) is 63.9 Å². The summed E-state index contributed by atoms with van der Waals surface area (Å²) >= 11 is 0. The second-order valence-corrected chi connectivity index (χ2v) is 7.63. The van der Waals surface area contributed by atoms with E-state index in [1.807, 2.05) is 6.92 Å². The quantitative estimate of drug-likeness (QED) is 0.194. The topological polar surface area (TPSA) is 57.2 Å². The SMILES string of the molecule is CCNC(=NCCCN1CCC(C)CC1)N1CCC(C(=O)OCC)CC1.I. The number of carbonyl (C=O) groups is 1. The second kappa shape index (κ2) is 13.6. The largest absolute Gasteiger partial charge is 0.466 e. The number of hydrogen-bond donors (Lipinski definition) is 1. The molecule has 0 spiro atoms. The van der Waals surface area contributed by atoms with Crippen molar-refractivity contribution in [1.82, 2.24) is 15.1 Å². The summed E-state index contributed by atoms with van der Waals surface area (Å²) in [4.78, 5) is 21.6. The summed E-state index contributed by atoms with van der Waals surface area (Å²) in [5, 5.41) is 3.41. The first-order chi connectivity index (χ1) is 12.6. The molecule has 0 atom stereocenters. The Hall–Kier alpha value is -0.570. The maximum Gasteiger partial charge on any atom is 0.309 e. The van der Waals surface area contributed by atoms with Crippen molar-refractivity contribution in [3.8, 4) is 0 Å². The average molecular weight is 494 g/mol. The standard InChI is InChI=1S/C20H38N4O2.HI/c1-4-21-20(22-11-6-12-23-13-7-17(3)8-14-23)24-15-9-18(10-16-24)19(25)26-5-2;/h17-18H,4-16H2,1-3H3,(H,21,22);1H. The summed E-state index contributed by atoms with van der Waals surface area (Å²) in [5.74, 6) is 1.91. The fraction of sp³-hybridized carbons (Fsp3) is 0.900. The monoisotopic (exact) mass is 494 g/mol. The molecule has 7 heteroatoms. The van der Waals surface area contributed by atoms with Crippen molar-refractivity contribution in [1.29, 1.82) is 0 Å². The van der Waals surface area contributed by atoms with Gasteiger partial charge in [0.2, 0.25) is 0 Å². The van der Waals surface area contributed by atoms with Gasteiger partial charge in [0.25, 0.3) is 0 Å². The Morgan fingerprint density at radius 2 is 1.78 bits per heavy atom. The number of nitrogens with zero attached hydrogens (tertiary/aromatic N) is 3. The van der Waals surface area contributed by atoms with Crippen LogP contribution in [0.4, 0.5) is 0 Å². The van der Waals surface area contributed by atoms with Gasteiger partial charge in [-0.2, -0.15) is 0 Å². The maximum absolute atomic E-state index is 11.9. The molecule has 0 aromatic heterocycles. The third kappa shape index (κ3) is 8.54. The van der Waals surface area contributed by atoms with Crippen LogP contribution in [0.5, 0.6) is 0 Å². The lowest BCUT2D eigenvalue weighted by molar-refractivity contribution is -0.149. The molecular weight excluding hydrogens is 455 g/mol. The molecular formula is C20H39IN4O2. The minimum absolute atomic E-state index is 0. The number of hydrogen-bond acceptors (Lipinski definition) is 4. The number of rotatable bonds is 7. The van der Waals surface area contributed by atoms with E-state index in [1.165, 1.54) is 25.9 Å². The van der Waals surface area contributed by atoms with Crippen molar-refractivity contribution in [2.45, 2.75) is 52.9 Å². The molecule has 6 nitrogen and oxygen atoms in total. The maximum atomic E-state index is 11.9. The van der Waals surface area contributed by atoms with Crippen molar-refractivity contribution in [3.63, 3.8) is 0 Å². The van der Waals surface area contributed by atoms with Crippen molar-refractivity contribution < 1.29 is 9.53 Å². The lowest BCUT2D eigenvalue weighted by atomic mass is 9.97. The van der Waals surface area contributed by atoms with Crippen LogP contribution in [0.1, 0.15) is 52.9 Å². The molecule has 0 bridgehead atoms. The highest BCUT2D eigenvalue weighted by atomic mass is 127. The van der Waals surface area contributed by atoms with Crippen molar-refractivity contribution in [2.75, 3.05) is 52.4 Å². The van der Waals surface area contributed by atoms with Gasteiger partial charge in [-0.3, -0.25) is 9.79 Å². The van der Waals surface area contributed by atoms with E-state index in [1.54, 1.807) is 0 Å². The highest BCUT2D eigenvalue weighted by molar-refractivity contribution is 14.0. The zero-order valence-corrected chi connectivity index (χ0v) is 19.7. The van der Waals surface area contributed by atoms with Crippen molar-refractivity contribution >= 4 is 35.9 Å². The Morgan fingerprint density at radius 3 is 2.37 bits per heavy atom. The highest BCUT2D eigenvalue weighted by Gasteiger charge is 2.27. The predicted molar refractivity (Wildman–Crippen MR) is 122 cm³/mol. The molecule has 1 N–H and O–H groups in total. The third-order valence-corrected chi connectivity index (χ3v) is 5.52. The van der Waals surface area contributed by atoms with Gasteiger partial charge in [-0.1, -0.05) is 6.92 Å². The van der Waals surface area contributed by atoms with Crippen molar-refractivity contribution in [3.05, 3.63) is 0 Å². The first kappa shape index (κ1) is 24.5. The molecule has 2 aliphatic rings. The molecule has 2 rings (SSSR count). The fourth-order valence-electron chi connectivity index (χ4n) is 3.78. The molecule has 2 heterocycles. The van der Waals surface area contributed by atoms with Crippen LogP contribution in [-0.4, -0.2) is 74.1 Å². The van der Waals surface area contributed by atoms with Crippen LogP contribution in [-0.2, 0) is 9.53 Å². The number of halogens is 1. The molecule has 0 aromatic carbocycles. The van der Waals surface area contributed by atoms with Gasteiger partial charge in [0.15, 0.2) is 5.96 Å². The van der Waals surface area contributed by atoms with E-state index < -0.39 is 0 Å². The Balaban J connectivity index is 0.00000364. The molecule has 0 saturated carbocycles. The first-order valence-electron chi connectivity index (χ1n) is 10.6. The summed E-state index contributed by atoms with van der Waals surface area (Å²) in [6.07, 6.45) is 5.50. The van der Waals surface area contributed by atoms with Gasteiger partial charge in [0, 0.05) is 26.2 Å².